The fourth-order valence-electron chi connectivity index (χ4n) is 1.79. The van der Waals surface area contributed by atoms with Gasteiger partial charge in [-0.05, 0) is 18.1 Å². The van der Waals surface area contributed by atoms with E-state index >= 15 is 0 Å². The molecule has 0 spiro atoms. The Labute approximate surface area is 112 Å². The number of carbonyl (C=O) groups is 2. The fraction of sp³-hybridized carbons (Fsp3) is 0.429. The maximum atomic E-state index is 12.1. The molecule has 0 fully saturated rings. The van der Waals surface area contributed by atoms with Crippen molar-refractivity contribution in [3.8, 4) is 0 Å². The van der Waals surface area contributed by atoms with Crippen LogP contribution in [0.4, 0.5) is 0 Å². The molecule has 1 atom stereocenters. The average molecular weight is 265 g/mol. The number of carbonyl (C=O) groups excluding carboxylic acids is 1. The molecule has 0 radical (unpaired) electrons. The van der Waals surface area contributed by atoms with Crippen molar-refractivity contribution in [2.45, 2.75) is 32.4 Å². The number of aliphatic carboxylic acids is 1. The van der Waals surface area contributed by atoms with Gasteiger partial charge in [-0.2, -0.15) is 0 Å². The molecule has 1 rings (SSSR count). The number of amides is 1. The predicted octanol–water partition coefficient (Wildman–Crippen LogP) is 1.82. The molecule has 0 aliphatic heterocycles. The molecule has 0 aromatic heterocycles. The highest BCUT2D eigenvalue weighted by atomic mass is 16.5. The first-order valence-electron chi connectivity index (χ1n) is 6.18. The van der Waals surface area contributed by atoms with Crippen molar-refractivity contribution < 1.29 is 19.4 Å². The van der Waals surface area contributed by atoms with Gasteiger partial charge in [-0.25, -0.2) is 0 Å². The number of hydrogen-bond donors (Lipinski definition) is 2. The molecule has 1 unspecified atom stereocenters. The first-order chi connectivity index (χ1) is 9.08. The molecule has 1 aromatic rings. The monoisotopic (exact) mass is 265 g/mol. The third kappa shape index (κ3) is 4.71. The van der Waals surface area contributed by atoms with Crippen LogP contribution in [0.25, 0.3) is 0 Å². The molecule has 5 heteroatoms. The standard InChI is InChI=1S/C14H19NO4/c1-3-11(8-13(16)17)15-14(18)12-7-5-4-6-10(12)9-19-2/h4-7,11H,3,8-9H2,1-2H3,(H,15,18)(H,16,17). The summed E-state index contributed by atoms with van der Waals surface area (Å²) >= 11 is 0. The second-order valence-electron chi connectivity index (χ2n) is 4.27. The first-order valence-corrected chi connectivity index (χ1v) is 6.18. The van der Waals surface area contributed by atoms with Crippen molar-refractivity contribution in [1.29, 1.82) is 0 Å². The summed E-state index contributed by atoms with van der Waals surface area (Å²) in [6.45, 7) is 2.19. The highest BCUT2D eigenvalue weighted by Crippen LogP contribution is 2.11. The van der Waals surface area contributed by atoms with E-state index in [2.05, 4.69) is 5.32 Å². The number of hydrogen-bond acceptors (Lipinski definition) is 3. The number of carboxylic acid groups (broad SMARTS) is 1. The minimum Gasteiger partial charge on any atom is -0.481 e. The molecule has 2 N–H and O–H groups in total. The first kappa shape index (κ1) is 15.2. The highest BCUT2D eigenvalue weighted by molar-refractivity contribution is 5.96. The van der Waals surface area contributed by atoms with Gasteiger partial charge in [0, 0.05) is 18.7 Å². The normalized spacial score (nSPS) is 11.9. The van der Waals surface area contributed by atoms with Gasteiger partial charge >= 0.3 is 5.97 Å². The van der Waals surface area contributed by atoms with Gasteiger partial charge in [0.2, 0.25) is 0 Å². The Hall–Kier alpha value is -1.88. The largest absolute Gasteiger partial charge is 0.481 e. The average Bonchev–Trinajstić information content (AvgIpc) is 2.38. The van der Waals surface area contributed by atoms with Gasteiger partial charge in [0.05, 0.1) is 13.0 Å². The van der Waals surface area contributed by atoms with E-state index in [0.29, 0.717) is 18.6 Å². The van der Waals surface area contributed by atoms with Gasteiger partial charge in [-0.1, -0.05) is 25.1 Å². The van der Waals surface area contributed by atoms with Crippen LogP contribution in [0.3, 0.4) is 0 Å². The predicted molar refractivity (Wildman–Crippen MR) is 71.0 cm³/mol. The van der Waals surface area contributed by atoms with Crippen LogP contribution in [-0.4, -0.2) is 30.1 Å². The Morgan fingerprint density at radius 2 is 2.05 bits per heavy atom. The summed E-state index contributed by atoms with van der Waals surface area (Å²) in [6.07, 6.45) is 0.499. The third-order valence-electron chi connectivity index (χ3n) is 2.81. The lowest BCUT2D eigenvalue weighted by atomic mass is 10.1. The van der Waals surface area contributed by atoms with Crippen LogP contribution in [0, 0.1) is 0 Å². The summed E-state index contributed by atoms with van der Waals surface area (Å²) in [5.74, 6) is -1.18. The topological polar surface area (TPSA) is 75.6 Å². The summed E-state index contributed by atoms with van der Waals surface area (Å²) in [5, 5.41) is 11.5. The summed E-state index contributed by atoms with van der Waals surface area (Å²) in [6, 6.07) is 6.76. The van der Waals surface area contributed by atoms with Crippen LogP contribution in [0.1, 0.15) is 35.7 Å². The Balaban J connectivity index is 2.79. The summed E-state index contributed by atoms with van der Waals surface area (Å²) < 4.78 is 5.04. The summed E-state index contributed by atoms with van der Waals surface area (Å²) in [4.78, 5) is 22.8. The molecule has 1 aromatic carbocycles. The zero-order valence-electron chi connectivity index (χ0n) is 11.2. The van der Waals surface area contributed by atoms with Crippen molar-refractivity contribution in [3.63, 3.8) is 0 Å². The van der Waals surface area contributed by atoms with Gasteiger partial charge in [0.15, 0.2) is 0 Å². The number of ether oxygens (including phenoxy) is 1. The molecule has 0 heterocycles. The van der Waals surface area contributed by atoms with Gasteiger partial charge in [-0.15, -0.1) is 0 Å². The number of benzene rings is 1. The summed E-state index contributed by atoms with van der Waals surface area (Å²) in [7, 11) is 1.56. The third-order valence-corrected chi connectivity index (χ3v) is 2.81. The fourth-order valence-corrected chi connectivity index (χ4v) is 1.79. The van der Waals surface area contributed by atoms with E-state index in [1.807, 2.05) is 19.1 Å². The van der Waals surface area contributed by atoms with Gasteiger partial charge in [0.1, 0.15) is 0 Å². The second kappa shape index (κ2) is 7.53. The number of carboxylic acids is 1. The van der Waals surface area contributed by atoms with Crippen molar-refractivity contribution in [3.05, 3.63) is 35.4 Å². The lowest BCUT2D eigenvalue weighted by molar-refractivity contribution is -0.137. The molecule has 0 aliphatic rings. The minimum absolute atomic E-state index is 0.0747. The lowest BCUT2D eigenvalue weighted by Gasteiger charge is -2.16. The SMILES string of the molecule is CCC(CC(=O)O)NC(=O)c1ccccc1COC. The summed E-state index contributed by atoms with van der Waals surface area (Å²) in [5.41, 5.74) is 1.31. The minimum atomic E-state index is -0.919. The van der Waals surface area contributed by atoms with Crippen molar-refractivity contribution >= 4 is 11.9 Å². The molecule has 19 heavy (non-hydrogen) atoms. The Morgan fingerprint density at radius 1 is 1.37 bits per heavy atom. The Morgan fingerprint density at radius 3 is 2.63 bits per heavy atom. The smallest absolute Gasteiger partial charge is 0.305 e. The zero-order valence-corrected chi connectivity index (χ0v) is 11.2. The number of rotatable bonds is 7. The van der Waals surface area contributed by atoms with Crippen LogP contribution in [-0.2, 0) is 16.1 Å². The Bertz CT molecular complexity index is 445. The molecule has 0 saturated heterocycles. The second-order valence-corrected chi connectivity index (χ2v) is 4.27. The maximum Gasteiger partial charge on any atom is 0.305 e. The van der Waals surface area contributed by atoms with Crippen molar-refractivity contribution in [2.75, 3.05) is 7.11 Å². The van der Waals surface area contributed by atoms with E-state index in [1.54, 1.807) is 19.2 Å². The van der Waals surface area contributed by atoms with Gasteiger partial charge in [0.25, 0.3) is 5.91 Å². The van der Waals surface area contributed by atoms with E-state index in [-0.39, 0.29) is 18.4 Å². The van der Waals surface area contributed by atoms with E-state index < -0.39 is 5.97 Å². The molecule has 0 aliphatic carbocycles. The van der Waals surface area contributed by atoms with Crippen molar-refractivity contribution in [1.82, 2.24) is 5.32 Å². The van der Waals surface area contributed by atoms with Crippen LogP contribution in [0.5, 0.6) is 0 Å². The van der Waals surface area contributed by atoms with E-state index in [1.165, 1.54) is 0 Å². The molecule has 104 valence electrons. The van der Waals surface area contributed by atoms with Gasteiger partial charge < -0.3 is 15.2 Å². The zero-order chi connectivity index (χ0) is 14.3. The quantitative estimate of drug-likeness (QED) is 0.788. The van der Waals surface area contributed by atoms with E-state index in [0.717, 1.165) is 5.56 Å². The molecule has 5 nitrogen and oxygen atoms in total. The van der Waals surface area contributed by atoms with Crippen LogP contribution in [0.15, 0.2) is 24.3 Å². The van der Waals surface area contributed by atoms with Crippen LogP contribution in [0.2, 0.25) is 0 Å². The number of nitrogens with one attached hydrogen (secondary N) is 1. The molecular weight excluding hydrogens is 246 g/mol. The Kier molecular flexibility index (Phi) is 6.02. The molecule has 0 bridgehead atoms. The van der Waals surface area contributed by atoms with E-state index in [9.17, 15) is 9.59 Å². The molecule has 1 amide bonds. The molecular formula is C14H19NO4. The van der Waals surface area contributed by atoms with Crippen molar-refractivity contribution in [2.24, 2.45) is 0 Å². The number of methoxy groups -OCH3 is 1. The van der Waals surface area contributed by atoms with Crippen LogP contribution < -0.4 is 5.32 Å². The maximum absolute atomic E-state index is 12.1. The molecule has 0 saturated carbocycles. The van der Waals surface area contributed by atoms with Crippen LogP contribution >= 0.6 is 0 Å². The lowest BCUT2D eigenvalue weighted by Crippen LogP contribution is -2.36. The highest BCUT2D eigenvalue weighted by Gasteiger charge is 2.17. The van der Waals surface area contributed by atoms with Gasteiger partial charge in [-0.3, -0.25) is 9.59 Å². The van der Waals surface area contributed by atoms with E-state index in [4.69, 9.17) is 9.84 Å².